The average molecular weight is 347 g/mol. The van der Waals surface area contributed by atoms with E-state index in [-0.39, 0.29) is 17.6 Å². The average Bonchev–Trinajstić information content (AvgIpc) is 2.62. The number of amides is 1. The number of benzene rings is 1. The van der Waals surface area contributed by atoms with Gasteiger partial charge in [0.05, 0.1) is 0 Å². The molecule has 1 aliphatic heterocycles. The van der Waals surface area contributed by atoms with E-state index >= 15 is 0 Å². The number of fused-ring (bicyclic) bond motifs is 1. The largest absolute Gasteiger partial charge is 0.396 e. The molecule has 0 bridgehead atoms. The number of hydrogen-bond acceptors (Lipinski definition) is 4. The summed E-state index contributed by atoms with van der Waals surface area (Å²) in [4.78, 5) is 29.7. The minimum absolute atomic E-state index is 0.0232. The summed E-state index contributed by atoms with van der Waals surface area (Å²) in [7, 11) is 0. The van der Waals surface area contributed by atoms with Gasteiger partial charge in [-0.3, -0.25) is 9.59 Å². The van der Waals surface area contributed by atoms with Gasteiger partial charge in [0.15, 0.2) is 0 Å². The highest BCUT2D eigenvalue weighted by atomic mass is 19.1. The van der Waals surface area contributed by atoms with Crippen LogP contribution in [-0.4, -0.2) is 53.7 Å². The summed E-state index contributed by atoms with van der Waals surface area (Å²) in [6, 6.07) is 3.87. The van der Waals surface area contributed by atoms with Crippen LogP contribution >= 0.6 is 0 Å². The number of carbonyl (C=O) groups is 1. The molecule has 0 saturated carbocycles. The first-order valence-corrected chi connectivity index (χ1v) is 8.51. The molecule has 1 saturated heterocycles. The van der Waals surface area contributed by atoms with Crippen molar-refractivity contribution in [1.82, 2.24) is 15.2 Å². The number of halogens is 1. The highest BCUT2D eigenvalue weighted by Gasteiger charge is 2.19. The van der Waals surface area contributed by atoms with E-state index in [1.807, 2.05) is 0 Å². The molecular formula is C18H22FN3O3. The third-order valence-corrected chi connectivity index (χ3v) is 4.66. The molecular weight excluding hydrogens is 325 g/mol. The summed E-state index contributed by atoms with van der Waals surface area (Å²) in [5.74, 6) is -0.690. The van der Waals surface area contributed by atoms with Gasteiger partial charge in [-0.15, -0.1) is 0 Å². The molecule has 3 rings (SSSR count). The number of nitrogens with one attached hydrogen (secondary N) is 2. The number of aliphatic hydroxyl groups excluding tert-OH is 1. The van der Waals surface area contributed by atoms with Gasteiger partial charge in [0.25, 0.3) is 5.91 Å². The maximum Gasteiger partial charge on any atom is 0.256 e. The number of hydrogen-bond donors (Lipinski definition) is 3. The Labute approximate surface area is 144 Å². The monoisotopic (exact) mass is 347 g/mol. The predicted octanol–water partition coefficient (Wildman–Crippen LogP) is 1.10. The second kappa shape index (κ2) is 7.76. The second-order valence-corrected chi connectivity index (χ2v) is 6.47. The molecule has 0 spiro atoms. The second-order valence-electron chi connectivity index (χ2n) is 6.47. The number of aliphatic hydroxyl groups is 1. The van der Waals surface area contributed by atoms with Gasteiger partial charge >= 0.3 is 0 Å². The van der Waals surface area contributed by atoms with Gasteiger partial charge in [0.1, 0.15) is 11.4 Å². The number of piperidine rings is 1. The molecule has 25 heavy (non-hydrogen) atoms. The minimum Gasteiger partial charge on any atom is -0.396 e. The maximum absolute atomic E-state index is 13.3. The van der Waals surface area contributed by atoms with Crippen molar-refractivity contribution in [2.75, 3.05) is 32.8 Å². The Morgan fingerprint density at radius 2 is 2.28 bits per heavy atom. The Hall–Kier alpha value is -2.25. The summed E-state index contributed by atoms with van der Waals surface area (Å²) in [5.41, 5.74) is -0.0136. The lowest BCUT2D eigenvalue weighted by Gasteiger charge is -2.31. The zero-order valence-corrected chi connectivity index (χ0v) is 13.9. The van der Waals surface area contributed by atoms with Gasteiger partial charge in [-0.2, -0.15) is 0 Å². The molecule has 1 amide bonds. The van der Waals surface area contributed by atoms with Crippen molar-refractivity contribution in [3.63, 3.8) is 0 Å². The quantitative estimate of drug-likeness (QED) is 0.756. The number of likely N-dealkylation sites (tertiary alicyclic amines) is 1. The third-order valence-electron chi connectivity index (χ3n) is 4.66. The van der Waals surface area contributed by atoms with Crippen LogP contribution in [0.5, 0.6) is 0 Å². The molecule has 3 N–H and O–H groups in total. The van der Waals surface area contributed by atoms with E-state index < -0.39 is 17.2 Å². The molecule has 1 aliphatic rings. The normalized spacial score (nSPS) is 18.4. The fourth-order valence-electron chi connectivity index (χ4n) is 3.29. The smallest absolute Gasteiger partial charge is 0.256 e. The number of rotatable bonds is 5. The van der Waals surface area contributed by atoms with E-state index in [2.05, 4.69) is 15.2 Å². The van der Waals surface area contributed by atoms with E-state index in [4.69, 9.17) is 0 Å². The first-order chi connectivity index (χ1) is 12.1. The van der Waals surface area contributed by atoms with Crippen molar-refractivity contribution in [3.8, 4) is 0 Å². The van der Waals surface area contributed by atoms with Crippen molar-refractivity contribution < 1.29 is 14.3 Å². The van der Waals surface area contributed by atoms with Gasteiger partial charge < -0.3 is 20.3 Å². The van der Waals surface area contributed by atoms with Crippen molar-refractivity contribution >= 4 is 16.8 Å². The van der Waals surface area contributed by atoms with Crippen molar-refractivity contribution in [3.05, 3.63) is 46.0 Å². The number of aromatic amines is 1. The molecule has 1 unspecified atom stereocenters. The van der Waals surface area contributed by atoms with Crippen LogP contribution in [0.4, 0.5) is 4.39 Å². The number of H-pyrrole nitrogens is 1. The molecule has 2 heterocycles. The molecule has 7 heteroatoms. The lowest BCUT2D eigenvalue weighted by molar-refractivity contribution is 0.0929. The molecule has 1 aromatic heterocycles. The zero-order chi connectivity index (χ0) is 17.8. The van der Waals surface area contributed by atoms with Crippen LogP contribution < -0.4 is 10.7 Å². The standard InChI is InChI=1S/C18H22FN3O3/c19-13-3-4-16-14(8-13)17(24)15(9-21-16)18(25)20-5-7-22-6-1-2-12(10-22)11-23/h3-4,8-9,12,23H,1-2,5-7,10-11H2,(H,20,25)(H,21,24). The molecule has 1 aromatic carbocycles. The van der Waals surface area contributed by atoms with Crippen molar-refractivity contribution in [1.29, 1.82) is 0 Å². The van der Waals surface area contributed by atoms with Crippen LogP contribution in [0.25, 0.3) is 10.9 Å². The topological polar surface area (TPSA) is 85.4 Å². The Balaban J connectivity index is 1.63. The van der Waals surface area contributed by atoms with E-state index in [0.29, 0.717) is 24.5 Å². The summed E-state index contributed by atoms with van der Waals surface area (Å²) < 4.78 is 13.3. The Bertz CT molecular complexity index is 821. The van der Waals surface area contributed by atoms with Gasteiger partial charge in [0, 0.05) is 43.3 Å². The van der Waals surface area contributed by atoms with Crippen LogP contribution in [0.1, 0.15) is 23.2 Å². The van der Waals surface area contributed by atoms with Crippen LogP contribution in [0.3, 0.4) is 0 Å². The fourth-order valence-corrected chi connectivity index (χ4v) is 3.29. The number of pyridine rings is 1. The van der Waals surface area contributed by atoms with Gasteiger partial charge in [-0.05, 0) is 43.5 Å². The van der Waals surface area contributed by atoms with Gasteiger partial charge in [-0.1, -0.05) is 0 Å². The summed E-state index contributed by atoms with van der Waals surface area (Å²) in [6.45, 7) is 3.04. The number of nitrogens with zero attached hydrogens (tertiary/aromatic N) is 1. The number of carbonyl (C=O) groups excluding carboxylic acids is 1. The lowest BCUT2D eigenvalue weighted by atomic mass is 9.99. The van der Waals surface area contributed by atoms with Crippen LogP contribution in [-0.2, 0) is 0 Å². The van der Waals surface area contributed by atoms with Crippen LogP contribution in [0.15, 0.2) is 29.2 Å². The van der Waals surface area contributed by atoms with Crippen molar-refractivity contribution in [2.45, 2.75) is 12.8 Å². The first-order valence-electron chi connectivity index (χ1n) is 8.51. The maximum atomic E-state index is 13.3. The fraction of sp³-hybridized carbons (Fsp3) is 0.444. The first kappa shape index (κ1) is 17.6. The van der Waals surface area contributed by atoms with Crippen LogP contribution in [0.2, 0.25) is 0 Å². The highest BCUT2D eigenvalue weighted by Crippen LogP contribution is 2.15. The minimum atomic E-state index is -0.515. The van der Waals surface area contributed by atoms with Crippen molar-refractivity contribution in [2.24, 2.45) is 5.92 Å². The molecule has 6 nitrogen and oxygen atoms in total. The Kier molecular flexibility index (Phi) is 5.45. The SMILES string of the molecule is O=C(NCCN1CCCC(CO)C1)c1c[nH]c2ccc(F)cc2c1=O. The van der Waals surface area contributed by atoms with Gasteiger partial charge in [-0.25, -0.2) is 4.39 Å². The molecule has 134 valence electrons. The Morgan fingerprint density at radius 3 is 3.08 bits per heavy atom. The number of aromatic nitrogens is 1. The van der Waals surface area contributed by atoms with E-state index in [1.54, 1.807) is 0 Å². The third kappa shape index (κ3) is 4.05. The predicted molar refractivity (Wildman–Crippen MR) is 93.1 cm³/mol. The van der Waals surface area contributed by atoms with E-state index in [1.165, 1.54) is 18.3 Å². The molecule has 2 aromatic rings. The highest BCUT2D eigenvalue weighted by molar-refractivity contribution is 5.97. The summed E-state index contributed by atoms with van der Waals surface area (Å²) in [6.07, 6.45) is 3.43. The molecule has 1 fully saturated rings. The molecule has 0 aliphatic carbocycles. The zero-order valence-electron chi connectivity index (χ0n) is 13.9. The van der Waals surface area contributed by atoms with E-state index in [9.17, 15) is 19.1 Å². The summed E-state index contributed by atoms with van der Waals surface area (Å²) in [5, 5.41) is 12.2. The van der Waals surface area contributed by atoms with Crippen LogP contribution in [0, 0.1) is 11.7 Å². The molecule has 1 atom stereocenters. The van der Waals surface area contributed by atoms with Gasteiger partial charge in [0.2, 0.25) is 5.43 Å². The lowest BCUT2D eigenvalue weighted by Crippen LogP contribution is -2.42. The Morgan fingerprint density at radius 1 is 1.44 bits per heavy atom. The summed E-state index contributed by atoms with van der Waals surface area (Å²) >= 11 is 0. The molecule has 0 radical (unpaired) electrons. The van der Waals surface area contributed by atoms with E-state index in [0.717, 1.165) is 32.0 Å².